The van der Waals surface area contributed by atoms with Crippen molar-refractivity contribution in [2.75, 3.05) is 45.8 Å². The van der Waals surface area contributed by atoms with Crippen molar-refractivity contribution in [3.05, 3.63) is 63.6 Å². The maximum atomic E-state index is 13.7. The molecule has 0 bridgehead atoms. The first-order chi connectivity index (χ1) is 19.8. The highest BCUT2D eigenvalue weighted by Crippen LogP contribution is 2.40. The van der Waals surface area contributed by atoms with E-state index < -0.39 is 0 Å². The zero-order valence-corrected chi connectivity index (χ0v) is 26.4. The minimum absolute atomic E-state index is 0.102. The van der Waals surface area contributed by atoms with Gasteiger partial charge in [0, 0.05) is 24.5 Å². The summed E-state index contributed by atoms with van der Waals surface area (Å²) >= 11 is 12.9. The van der Waals surface area contributed by atoms with Crippen LogP contribution in [0.15, 0.2) is 42.5 Å². The fourth-order valence-corrected chi connectivity index (χ4v) is 7.50. The van der Waals surface area contributed by atoms with E-state index in [-0.39, 0.29) is 17.4 Å². The first-order valence-corrected chi connectivity index (χ1v) is 16.5. The summed E-state index contributed by atoms with van der Waals surface area (Å²) in [5.41, 5.74) is 2.07. The number of carbonyl (C=O) groups excluding carboxylic acids is 1. The molecule has 5 rings (SSSR count). The van der Waals surface area contributed by atoms with E-state index in [1.165, 1.54) is 50.8 Å². The number of carbonyl (C=O) groups is 1. The third-order valence-corrected chi connectivity index (χ3v) is 10.2. The van der Waals surface area contributed by atoms with Crippen LogP contribution in [0.5, 0.6) is 5.75 Å². The van der Waals surface area contributed by atoms with E-state index >= 15 is 0 Å². The maximum Gasteiger partial charge on any atom is 0.227 e. The van der Waals surface area contributed by atoms with Crippen LogP contribution < -0.4 is 4.74 Å². The molecular formula is C34H47Cl2N3O2. The van der Waals surface area contributed by atoms with Crippen LogP contribution in [0.1, 0.15) is 76.3 Å². The second kappa shape index (κ2) is 14.1. The fourth-order valence-electron chi connectivity index (χ4n) is 7.21. The van der Waals surface area contributed by atoms with Gasteiger partial charge in [-0.3, -0.25) is 4.79 Å². The number of ether oxygens (including phenoxy) is 1. The Morgan fingerprint density at radius 2 is 1.73 bits per heavy atom. The number of amides is 1. The molecule has 0 saturated carbocycles. The summed E-state index contributed by atoms with van der Waals surface area (Å²) in [6.07, 6.45) is 10.2. The molecule has 2 aromatic carbocycles. The first kappa shape index (κ1) is 30.7. The molecule has 224 valence electrons. The molecule has 1 atom stereocenters. The predicted octanol–water partition coefficient (Wildman–Crippen LogP) is 7.22. The van der Waals surface area contributed by atoms with Crippen LogP contribution in [0, 0.1) is 0 Å². The fraction of sp³-hybridized carbons (Fsp3) is 0.618. The van der Waals surface area contributed by atoms with Crippen LogP contribution in [0.2, 0.25) is 10.0 Å². The molecule has 1 amide bonds. The lowest BCUT2D eigenvalue weighted by molar-refractivity contribution is -0.132. The second-order valence-corrected chi connectivity index (χ2v) is 13.6. The number of halogens is 2. The van der Waals surface area contributed by atoms with Crippen molar-refractivity contribution in [2.45, 2.75) is 89.2 Å². The van der Waals surface area contributed by atoms with Crippen molar-refractivity contribution in [1.29, 1.82) is 0 Å². The van der Waals surface area contributed by atoms with Gasteiger partial charge in [-0.25, -0.2) is 0 Å². The molecule has 0 aromatic heterocycles. The SMILES string of the molecule is CC(C)Oc1cccc(CC(=O)N2CCCC(CCN3CCC(N4CCCCC4)CC3)(c3ccc(Cl)c(Cl)c3)C2)c1. The molecule has 3 heterocycles. The molecule has 7 heteroatoms. The number of nitrogens with zero attached hydrogens (tertiary/aromatic N) is 3. The van der Waals surface area contributed by atoms with Gasteiger partial charge in [0.1, 0.15) is 5.75 Å². The minimum atomic E-state index is -0.130. The third kappa shape index (κ3) is 7.98. The van der Waals surface area contributed by atoms with Gasteiger partial charge in [-0.05, 0) is 127 Å². The Hall–Kier alpha value is -1.79. The number of hydrogen-bond acceptors (Lipinski definition) is 4. The number of rotatable bonds is 9. The molecule has 0 aliphatic carbocycles. The number of piperidine rings is 3. The molecular weight excluding hydrogens is 553 g/mol. The van der Waals surface area contributed by atoms with Gasteiger partial charge in [0.05, 0.1) is 22.6 Å². The number of likely N-dealkylation sites (tertiary alicyclic amines) is 3. The summed E-state index contributed by atoms with van der Waals surface area (Å²) in [6.45, 7) is 11.5. The minimum Gasteiger partial charge on any atom is -0.491 e. The van der Waals surface area contributed by atoms with Crippen molar-refractivity contribution in [3.8, 4) is 5.75 Å². The molecule has 1 unspecified atom stereocenters. The monoisotopic (exact) mass is 599 g/mol. The van der Waals surface area contributed by atoms with Crippen LogP contribution in [0.25, 0.3) is 0 Å². The lowest BCUT2D eigenvalue weighted by Gasteiger charge is -2.45. The average molecular weight is 601 g/mol. The molecule has 3 aliphatic rings. The van der Waals surface area contributed by atoms with Gasteiger partial charge < -0.3 is 19.4 Å². The Bertz CT molecular complexity index is 1160. The van der Waals surface area contributed by atoms with E-state index in [4.69, 9.17) is 27.9 Å². The van der Waals surface area contributed by atoms with Crippen LogP contribution in [-0.2, 0) is 16.6 Å². The van der Waals surface area contributed by atoms with Crippen LogP contribution in [0.4, 0.5) is 0 Å². The highest BCUT2D eigenvalue weighted by molar-refractivity contribution is 6.42. The normalized spacial score (nSPS) is 23.2. The predicted molar refractivity (Wildman–Crippen MR) is 169 cm³/mol. The van der Waals surface area contributed by atoms with Gasteiger partial charge in [-0.1, -0.05) is 47.8 Å². The summed E-state index contributed by atoms with van der Waals surface area (Å²) in [6, 6.07) is 14.8. The smallest absolute Gasteiger partial charge is 0.227 e. The van der Waals surface area contributed by atoms with E-state index in [9.17, 15) is 4.79 Å². The summed E-state index contributed by atoms with van der Waals surface area (Å²) in [5.74, 6) is 0.997. The maximum absolute atomic E-state index is 13.7. The van der Waals surface area contributed by atoms with Gasteiger partial charge in [-0.15, -0.1) is 0 Å². The molecule has 5 nitrogen and oxygen atoms in total. The summed E-state index contributed by atoms with van der Waals surface area (Å²) in [7, 11) is 0. The van der Waals surface area contributed by atoms with E-state index in [1.54, 1.807) is 0 Å². The van der Waals surface area contributed by atoms with Crippen molar-refractivity contribution >= 4 is 29.1 Å². The van der Waals surface area contributed by atoms with Crippen molar-refractivity contribution < 1.29 is 9.53 Å². The Morgan fingerprint density at radius 1 is 0.951 bits per heavy atom. The van der Waals surface area contributed by atoms with Gasteiger partial charge >= 0.3 is 0 Å². The standard InChI is InChI=1S/C34H47Cl2N3O2/c1-26(2)41-30-9-6-8-27(22-30)23-33(40)39-18-7-14-34(25-39,28-10-11-31(35)32(36)24-28)15-21-37-19-12-29(13-20-37)38-16-4-3-5-17-38/h6,8-11,22,24,26,29H,3-5,7,12-21,23,25H2,1-2H3. The zero-order valence-electron chi connectivity index (χ0n) is 24.9. The van der Waals surface area contributed by atoms with Gasteiger partial charge in [0.15, 0.2) is 0 Å². The molecule has 2 aromatic rings. The Balaban J connectivity index is 1.27. The van der Waals surface area contributed by atoms with Gasteiger partial charge in [-0.2, -0.15) is 0 Å². The van der Waals surface area contributed by atoms with E-state index in [0.29, 0.717) is 16.5 Å². The number of hydrogen-bond donors (Lipinski definition) is 0. The molecule has 0 spiro atoms. The lowest BCUT2D eigenvalue weighted by atomic mass is 9.71. The van der Waals surface area contributed by atoms with Crippen molar-refractivity contribution in [3.63, 3.8) is 0 Å². The van der Waals surface area contributed by atoms with Gasteiger partial charge in [0.2, 0.25) is 5.91 Å². The molecule has 3 saturated heterocycles. The van der Waals surface area contributed by atoms with Crippen LogP contribution >= 0.6 is 23.2 Å². The summed E-state index contributed by atoms with van der Waals surface area (Å²) < 4.78 is 5.87. The zero-order chi connectivity index (χ0) is 28.8. The summed E-state index contributed by atoms with van der Waals surface area (Å²) in [4.78, 5) is 21.1. The molecule has 0 N–H and O–H groups in total. The average Bonchev–Trinajstić information content (AvgIpc) is 2.98. The van der Waals surface area contributed by atoms with Crippen LogP contribution in [0.3, 0.4) is 0 Å². The second-order valence-electron chi connectivity index (χ2n) is 12.7. The third-order valence-electron chi connectivity index (χ3n) is 9.46. The molecule has 41 heavy (non-hydrogen) atoms. The quantitative estimate of drug-likeness (QED) is 0.305. The number of benzene rings is 2. The molecule has 3 aliphatic heterocycles. The molecule has 0 radical (unpaired) electrons. The van der Waals surface area contributed by atoms with E-state index in [1.807, 2.05) is 50.2 Å². The Morgan fingerprint density at radius 3 is 2.46 bits per heavy atom. The topological polar surface area (TPSA) is 36.0 Å². The highest BCUT2D eigenvalue weighted by Gasteiger charge is 2.39. The highest BCUT2D eigenvalue weighted by atomic mass is 35.5. The largest absolute Gasteiger partial charge is 0.491 e. The summed E-state index contributed by atoms with van der Waals surface area (Å²) in [5, 5.41) is 1.17. The molecule has 3 fully saturated rings. The van der Waals surface area contributed by atoms with Gasteiger partial charge in [0.25, 0.3) is 0 Å². The van der Waals surface area contributed by atoms with Crippen molar-refractivity contribution in [1.82, 2.24) is 14.7 Å². The van der Waals surface area contributed by atoms with E-state index in [2.05, 4.69) is 20.8 Å². The van der Waals surface area contributed by atoms with Crippen molar-refractivity contribution in [2.24, 2.45) is 0 Å². The first-order valence-electron chi connectivity index (χ1n) is 15.8. The van der Waals surface area contributed by atoms with Crippen LogP contribution in [-0.4, -0.2) is 78.6 Å². The van der Waals surface area contributed by atoms with E-state index in [0.717, 1.165) is 69.3 Å². The lowest BCUT2D eigenvalue weighted by Crippen LogP contribution is -2.51. The Labute approximate surface area is 257 Å². The Kier molecular flexibility index (Phi) is 10.6.